The van der Waals surface area contributed by atoms with Crippen molar-refractivity contribution in [3.8, 4) is 5.75 Å². The van der Waals surface area contributed by atoms with Crippen LogP contribution in [0, 0.1) is 11.2 Å². The molecule has 1 fully saturated rings. The molecular formula is C29H29FN8O2. The molecule has 1 aliphatic carbocycles. The predicted molar refractivity (Wildman–Crippen MR) is 148 cm³/mol. The number of aromatic hydroxyl groups is 1. The first-order chi connectivity index (χ1) is 19.4. The lowest BCUT2D eigenvalue weighted by molar-refractivity contribution is -0.118. The number of amides is 1. The van der Waals surface area contributed by atoms with Gasteiger partial charge in [0, 0.05) is 38.6 Å². The molecule has 1 atom stereocenters. The fourth-order valence-electron chi connectivity index (χ4n) is 7.26. The number of aryl methyl sites for hydroxylation is 1. The molecule has 11 heteroatoms. The van der Waals surface area contributed by atoms with E-state index in [0.717, 1.165) is 49.3 Å². The number of anilines is 4. The van der Waals surface area contributed by atoms with Crippen molar-refractivity contribution in [1.29, 1.82) is 0 Å². The van der Waals surface area contributed by atoms with Gasteiger partial charge in [0.25, 0.3) is 0 Å². The van der Waals surface area contributed by atoms with E-state index in [0.29, 0.717) is 54.3 Å². The number of phenols is 1. The third-order valence-corrected chi connectivity index (χ3v) is 9.43. The highest BCUT2D eigenvalue weighted by atomic mass is 19.1. The van der Waals surface area contributed by atoms with Crippen LogP contribution in [0.4, 0.5) is 27.4 Å². The number of nitrogens with two attached hydrogens (primary N) is 1. The Labute approximate surface area is 229 Å². The number of benzene rings is 2. The molecule has 2 aromatic carbocycles. The van der Waals surface area contributed by atoms with E-state index in [-0.39, 0.29) is 28.9 Å². The molecule has 204 valence electrons. The molecule has 40 heavy (non-hydrogen) atoms. The van der Waals surface area contributed by atoms with Crippen LogP contribution in [-0.4, -0.2) is 57.4 Å². The summed E-state index contributed by atoms with van der Waals surface area (Å²) >= 11 is 0. The summed E-state index contributed by atoms with van der Waals surface area (Å²) in [6.45, 7) is 2.47. The number of aromatic amines is 1. The number of rotatable bonds is 2. The molecule has 0 saturated carbocycles. The summed E-state index contributed by atoms with van der Waals surface area (Å²) in [6.07, 6.45) is 5.56. The number of carbonyl (C=O) groups excluding carboxylic acids is 1. The molecule has 1 amide bonds. The highest BCUT2D eigenvalue weighted by Crippen LogP contribution is 2.52. The topological polar surface area (TPSA) is 128 Å². The monoisotopic (exact) mass is 540 g/mol. The van der Waals surface area contributed by atoms with Crippen molar-refractivity contribution < 1.29 is 14.3 Å². The second kappa shape index (κ2) is 8.37. The molecule has 0 unspecified atom stereocenters. The fourth-order valence-corrected chi connectivity index (χ4v) is 7.26. The van der Waals surface area contributed by atoms with Crippen LogP contribution in [-0.2, 0) is 17.6 Å². The normalized spacial score (nSPS) is 21.3. The van der Waals surface area contributed by atoms with Gasteiger partial charge in [-0.05, 0) is 66.0 Å². The van der Waals surface area contributed by atoms with Crippen molar-refractivity contribution in [2.45, 2.75) is 38.1 Å². The maximum Gasteiger partial charge on any atom is 0.227 e. The molecule has 1 saturated heterocycles. The van der Waals surface area contributed by atoms with Crippen LogP contribution in [0.25, 0.3) is 11.2 Å². The van der Waals surface area contributed by atoms with Crippen molar-refractivity contribution in [3.05, 3.63) is 59.0 Å². The maximum atomic E-state index is 15.2. The molecule has 0 radical (unpaired) electrons. The molecule has 8 rings (SSSR count). The largest absolute Gasteiger partial charge is 0.508 e. The predicted octanol–water partition coefficient (Wildman–Crippen LogP) is 3.47. The number of nitrogens with zero attached hydrogens (tertiary/aromatic N) is 6. The standard InChI is InChI=1S/C29H29FN8O2/c30-20-5-2-16-3-6-22(40)37-11-12-38(25(20)24(16)37)28-23-27(34-35-28)33-21(15-32-23)36-9-7-29(8-10-36)14-17-1-4-18(39)13-19(17)26(29)31/h1-2,4-5,13,15,26,39H,3,6-12,14,31H2,(H,33,34,35)/t26-/m1/s1. The Morgan fingerprint density at radius 1 is 1.02 bits per heavy atom. The van der Waals surface area contributed by atoms with E-state index in [1.807, 2.05) is 17.0 Å². The lowest BCUT2D eigenvalue weighted by atomic mass is 9.73. The van der Waals surface area contributed by atoms with E-state index in [1.165, 1.54) is 11.6 Å². The van der Waals surface area contributed by atoms with Gasteiger partial charge in [-0.1, -0.05) is 12.1 Å². The number of phenolic OH excluding ortho intramolecular Hbond substituents is 1. The second-order valence-corrected chi connectivity index (χ2v) is 11.5. The van der Waals surface area contributed by atoms with E-state index < -0.39 is 0 Å². The molecule has 3 aliphatic heterocycles. The Morgan fingerprint density at radius 2 is 1.82 bits per heavy atom. The Bertz CT molecular complexity index is 1700. The molecular weight excluding hydrogens is 511 g/mol. The molecule has 4 N–H and O–H groups in total. The number of carbonyl (C=O) groups is 1. The van der Waals surface area contributed by atoms with Gasteiger partial charge in [-0.25, -0.2) is 14.4 Å². The van der Waals surface area contributed by atoms with Crippen LogP contribution in [0.3, 0.4) is 0 Å². The maximum absolute atomic E-state index is 15.2. The number of H-pyrrole nitrogens is 1. The van der Waals surface area contributed by atoms with Gasteiger partial charge in [0.15, 0.2) is 17.0 Å². The summed E-state index contributed by atoms with van der Waals surface area (Å²) in [6, 6.07) is 8.69. The Morgan fingerprint density at radius 3 is 2.67 bits per heavy atom. The Hall–Kier alpha value is -4.25. The van der Waals surface area contributed by atoms with Crippen molar-refractivity contribution in [3.63, 3.8) is 0 Å². The van der Waals surface area contributed by atoms with Gasteiger partial charge in [0.2, 0.25) is 5.91 Å². The first kappa shape index (κ1) is 23.6. The fraction of sp³-hybridized carbons (Fsp3) is 0.379. The summed E-state index contributed by atoms with van der Waals surface area (Å²) in [4.78, 5) is 27.9. The first-order valence-corrected chi connectivity index (χ1v) is 13.8. The smallest absolute Gasteiger partial charge is 0.227 e. The molecule has 1 spiro atoms. The van der Waals surface area contributed by atoms with Crippen molar-refractivity contribution in [2.24, 2.45) is 11.1 Å². The number of aromatic nitrogens is 4. The summed E-state index contributed by atoms with van der Waals surface area (Å²) < 4.78 is 15.2. The van der Waals surface area contributed by atoms with Crippen LogP contribution in [0.5, 0.6) is 5.75 Å². The van der Waals surface area contributed by atoms with E-state index in [2.05, 4.69) is 15.1 Å². The van der Waals surface area contributed by atoms with Crippen molar-refractivity contribution in [2.75, 3.05) is 40.9 Å². The summed E-state index contributed by atoms with van der Waals surface area (Å²) in [5, 5.41) is 17.5. The van der Waals surface area contributed by atoms with Crippen molar-refractivity contribution in [1.82, 2.24) is 20.2 Å². The minimum atomic E-state index is -0.386. The zero-order chi connectivity index (χ0) is 27.2. The Balaban J connectivity index is 1.07. The zero-order valence-corrected chi connectivity index (χ0v) is 21.9. The van der Waals surface area contributed by atoms with Crippen LogP contribution in [0.2, 0.25) is 0 Å². The van der Waals surface area contributed by atoms with Gasteiger partial charge in [-0.2, -0.15) is 5.10 Å². The number of hydrogen-bond donors (Lipinski definition) is 3. The van der Waals surface area contributed by atoms with Gasteiger partial charge >= 0.3 is 0 Å². The first-order valence-electron chi connectivity index (χ1n) is 13.8. The molecule has 2 aromatic heterocycles. The summed E-state index contributed by atoms with van der Waals surface area (Å²) in [7, 11) is 0. The van der Waals surface area contributed by atoms with E-state index in [4.69, 9.17) is 15.7 Å². The molecule has 5 heterocycles. The van der Waals surface area contributed by atoms with Crippen LogP contribution >= 0.6 is 0 Å². The highest BCUT2D eigenvalue weighted by Gasteiger charge is 2.46. The minimum Gasteiger partial charge on any atom is -0.508 e. The minimum absolute atomic E-state index is 0.0201. The molecule has 0 bridgehead atoms. The van der Waals surface area contributed by atoms with Gasteiger partial charge in [-0.3, -0.25) is 9.89 Å². The number of fused-ring (bicyclic) bond motifs is 2. The Kier molecular flexibility index (Phi) is 4.95. The number of hydrogen-bond acceptors (Lipinski definition) is 8. The lowest BCUT2D eigenvalue weighted by Gasteiger charge is -2.42. The van der Waals surface area contributed by atoms with Gasteiger partial charge in [0.05, 0.1) is 11.9 Å². The summed E-state index contributed by atoms with van der Waals surface area (Å²) in [5.74, 6) is 1.17. The van der Waals surface area contributed by atoms with Crippen molar-refractivity contribution >= 4 is 40.1 Å². The number of nitrogens with one attached hydrogen (secondary N) is 1. The summed E-state index contributed by atoms with van der Waals surface area (Å²) in [5.41, 5.74) is 12.1. The van der Waals surface area contributed by atoms with Gasteiger partial charge in [0.1, 0.15) is 23.1 Å². The second-order valence-electron chi connectivity index (χ2n) is 11.5. The third-order valence-electron chi connectivity index (χ3n) is 9.43. The zero-order valence-electron chi connectivity index (χ0n) is 21.9. The molecule has 4 aromatic rings. The molecule has 10 nitrogen and oxygen atoms in total. The molecule has 4 aliphatic rings. The SMILES string of the molecule is N[C@@H]1c2cc(O)ccc2CC12CCN(c1cnc3c(N4CCN5C(=O)CCc6ccc(F)c4c65)n[nH]c3n1)CC2. The van der Waals surface area contributed by atoms with E-state index >= 15 is 4.39 Å². The van der Waals surface area contributed by atoms with Gasteiger partial charge < -0.3 is 25.5 Å². The lowest BCUT2D eigenvalue weighted by Crippen LogP contribution is -2.45. The average molecular weight is 541 g/mol. The average Bonchev–Trinajstić information content (AvgIpc) is 3.50. The third kappa shape index (κ3) is 3.30. The van der Waals surface area contributed by atoms with Crippen LogP contribution in [0.15, 0.2) is 36.5 Å². The van der Waals surface area contributed by atoms with Crippen LogP contribution < -0.4 is 20.4 Å². The van der Waals surface area contributed by atoms with Gasteiger partial charge in [-0.15, -0.1) is 0 Å². The number of piperidine rings is 1. The van der Waals surface area contributed by atoms with Crippen LogP contribution in [0.1, 0.15) is 42.0 Å². The van der Waals surface area contributed by atoms with E-state index in [1.54, 1.807) is 23.2 Å². The quantitative estimate of drug-likeness (QED) is 0.353. The number of halogens is 1. The highest BCUT2D eigenvalue weighted by molar-refractivity contribution is 6.03. The van der Waals surface area contributed by atoms with E-state index in [9.17, 15) is 9.90 Å².